The summed E-state index contributed by atoms with van der Waals surface area (Å²) in [6.45, 7) is 3.88. The molecule has 0 saturated carbocycles. The van der Waals surface area contributed by atoms with Crippen molar-refractivity contribution in [1.29, 1.82) is 0 Å². The Morgan fingerprint density at radius 3 is 1.82 bits per heavy atom. The van der Waals surface area contributed by atoms with E-state index in [2.05, 4.69) is 36.7 Å². The molecule has 0 aliphatic carbocycles. The smallest absolute Gasteiger partial charge is 0.325 e. The first-order valence-electron chi connectivity index (χ1n) is 19.1. The van der Waals surface area contributed by atoms with E-state index in [0.717, 1.165) is 13.8 Å². The number of carbonyl (C=O) groups is 7. The van der Waals surface area contributed by atoms with Gasteiger partial charge in [-0.25, -0.2) is 5.90 Å². The van der Waals surface area contributed by atoms with Crippen molar-refractivity contribution in [3.05, 3.63) is 0 Å². The maximum absolute atomic E-state index is 13.5. The second-order valence-electron chi connectivity index (χ2n) is 14.3. The van der Waals surface area contributed by atoms with Crippen LogP contribution in [0.1, 0.15) is 53.9 Å². The van der Waals surface area contributed by atoms with Crippen LogP contribution in [0, 0.1) is 0 Å². The SMILES string of the molecule is CC(=O)NC1C(OC2C(CO)OC(O)C(NC(C)=O)C2OC(C)C(=O)NC(C)C(=O)NC(CON)C(=O)NC(CCCCN)C(=O)NC(C)C(=O)O)OC(CO)C(O)C1O. The molecule has 2 heterocycles. The second kappa shape index (κ2) is 24.9. The number of aliphatic hydroxyl groups excluding tert-OH is 5. The molecule has 0 radical (unpaired) electrons. The van der Waals surface area contributed by atoms with Gasteiger partial charge >= 0.3 is 5.97 Å². The average Bonchev–Trinajstić information content (AvgIpc) is 3.18. The second-order valence-corrected chi connectivity index (χ2v) is 14.3. The molecule has 2 rings (SSSR count). The predicted octanol–water partition coefficient (Wildman–Crippen LogP) is -7.61. The number of rotatable bonds is 23. The van der Waals surface area contributed by atoms with Crippen molar-refractivity contribution in [3.8, 4) is 0 Å². The van der Waals surface area contributed by atoms with Crippen molar-refractivity contribution < 1.29 is 88.0 Å². The van der Waals surface area contributed by atoms with Gasteiger partial charge in [-0.15, -0.1) is 0 Å². The van der Waals surface area contributed by atoms with Gasteiger partial charge in [-0.1, -0.05) is 0 Å². The van der Waals surface area contributed by atoms with Crippen molar-refractivity contribution in [1.82, 2.24) is 31.9 Å². The highest BCUT2D eigenvalue weighted by atomic mass is 16.7. The molecule has 0 aromatic carbocycles. The molecular formula is C34H60N8O18. The number of amides is 6. The summed E-state index contributed by atoms with van der Waals surface area (Å²) in [5.74, 6) is -1.20. The summed E-state index contributed by atoms with van der Waals surface area (Å²) in [7, 11) is 0. The highest BCUT2D eigenvalue weighted by Gasteiger charge is 2.53. The number of hydrogen-bond acceptors (Lipinski definition) is 19. The van der Waals surface area contributed by atoms with E-state index in [0.29, 0.717) is 12.8 Å². The highest BCUT2D eigenvalue weighted by molar-refractivity contribution is 5.95. The quantitative estimate of drug-likeness (QED) is 0.0335. The van der Waals surface area contributed by atoms with Gasteiger partial charge < -0.3 is 92.1 Å². The molecule has 0 spiro atoms. The fourth-order valence-corrected chi connectivity index (χ4v) is 6.20. The third kappa shape index (κ3) is 15.1. The standard InChI is InChI=1S/C34H60N8O18/c1-13(28(49)42-19(12-56-36)31(52)41-18(8-6-7-9-35)30(51)38-14(2)32(53)54)37-29(50)15(3)57-27-23(40-17(5)46)33(55)58-21(11-44)26(27)60-34-22(39-16(4)45)25(48)24(47)20(10-43)59-34/h13-15,18-27,33-34,43-44,47-48,55H,6-12,35-36H2,1-5H3,(H,37,50)(H,38,51)(H,39,45)(H,40,46)(H,41,52)(H,42,49)(H,53,54). The van der Waals surface area contributed by atoms with E-state index in [-0.39, 0.29) is 13.0 Å². The third-order valence-electron chi connectivity index (χ3n) is 9.45. The van der Waals surface area contributed by atoms with Crippen LogP contribution in [0.5, 0.6) is 0 Å². The molecule has 2 fully saturated rings. The van der Waals surface area contributed by atoms with Gasteiger partial charge in [0.25, 0.3) is 0 Å². The number of aliphatic carboxylic acids is 1. The van der Waals surface area contributed by atoms with Crippen molar-refractivity contribution in [2.45, 2.75) is 145 Å². The lowest BCUT2D eigenvalue weighted by Gasteiger charge is -2.48. The minimum absolute atomic E-state index is 0.0608. The van der Waals surface area contributed by atoms with Gasteiger partial charge in [0, 0.05) is 13.8 Å². The van der Waals surface area contributed by atoms with Crippen molar-refractivity contribution in [2.24, 2.45) is 11.6 Å². The number of carboxylic acid groups (broad SMARTS) is 1. The minimum Gasteiger partial charge on any atom is -0.480 e. The van der Waals surface area contributed by atoms with Crippen LogP contribution in [-0.4, -0.2) is 190 Å². The molecule has 2 aliphatic rings. The first-order valence-corrected chi connectivity index (χ1v) is 19.1. The van der Waals surface area contributed by atoms with Crippen LogP contribution >= 0.6 is 0 Å². The highest BCUT2D eigenvalue weighted by Crippen LogP contribution is 2.31. The zero-order chi connectivity index (χ0) is 45.4. The monoisotopic (exact) mass is 868 g/mol. The number of ether oxygens (including phenoxy) is 4. The molecule has 26 nitrogen and oxygen atoms in total. The summed E-state index contributed by atoms with van der Waals surface area (Å²) in [6, 6.07) is -8.46. The Morgan fingerprint density at radius 1 is 0.700 bits per heavy atom. The van der Waals surface area contributed by atoms with E-state index in [4.69, 9.17) is 30.6 Å². The average molecular weight is 869 g/mol. The maximum atomic E-state index is 13.5. The zero-order valence-electron chi connectivity index (χ0n) is 33.8. The Bertz CT molecular complexity index is 1460. The zero-order valence-corrected chi connectivity index (χ0v) is 33.8. The van der Waals surface area contributed by atoms with Gasteiger partial charge in [0.1, 0.15) is 79.0 Å². The van der Waals surface area contributed by atoms with Crippen LogP contribution in [0.15, 0.2) is 0 Å². The lowest BCUT2D eigenvalue weighted by molar-refractivity contribution is -0.333. The molecule has 2 aliphatic heterocycles. The van der Waals surface area contributed by atoms with Crippen LogP contribution < -0.4 is 43.5 Å². The van der Waals surface area contributed by atoms with Crippen LogP contribution in [0.2, 0.25) is 0 Å². The number of carbonyl (C=O) groups excluding carboxylic acids is 6. The lowest BCUT2D eigenvalue weighted by Crippen LogP contribution is -2.70. The van der Waals surface area contributed by atoms with E-state index in [1.165, 1.54) is 20.8 Å². The number of aliphatic hydroxyl groups is 5. The fourth-order valence-electron chi connectivity index (χ4n) is 6.20. The van der Waals surface area contributed by atoms with E-state index in [1.807, 2.05) is 0 Å². The normalized spacial score (nSPS) is 29.1. The summed E-state index contributed by atoms with van der Waals surface area (Å²) in [5.41, 5.74) is 5.53. The summed E-state index contributed by atoms with van der Waals surface area (Å²) in [6.07, 6.45) is -13.7. The number of unbranched alkanes of at least 4 members (excludes halogenated alkanes) is 1. The minimum atomic E-state index is -1.87. The molecule has 344 valence electrons. The molecule has 15 unspecified atom stereocenters. The lowest BCUT2D eigenvalue weighted by atomic mass is 9.94. The van der Waals surface area contributed by atoms with Gasteiger partial charge in [0.15, 0.2) is 12.6 Å². The van der Waals surface area contributed by atoms with Gasteiger partial charge in [0.2, 0.25) is 35.4 Å². The molecule has 2 saturated heterocycles. The van der Waals surface area contributed by atoms with E-state index >= 15 is 0 Å². The molecule has 16 N–H and O–H groups in total. The number of nitrogens with two attached hydrogens (primary N) is 2. The number of nitrogens with one attached hydrogen (secondary N) is 6. The van der Waals surface area contributed by atoms with Gasteiger partial charge in [-0.2, -0.15) is 0 Å². The molecule has 0 aromatic heterocycles. The number of hydrogen-bond donors (Lipinski definition) is 14. The van der Waals surface area contributed by atoms with Crippen LogP contribution in [0.3, 0.4) is 0 Å². The molecule has 15 atom stereocenters. The molecule has 0 bridgehead atoms. The Morgan fingerprint density at radius 2 is 1.27 bits per heavy atom. The molecule has 60 heavy (non-hydrogen) atoms. The van der Waals surface area contributed by atoms with Crippen molar-refractivity contribution in [3.63, 3.8) is 0 Å². The Balaban J connectivity index is 2.29. The Kier molecular flexibility index (Phi) is 21.6. The fraction of sp³-hybridized carbons (Fsp3) is 0.794. The molecule has 6 amide bonds. The summed E-state index contributed by atoms with van der Waals surface area (Å²) < 4.78 is 23.2. The van der Waals surface area contributed by atoms with Crippen LogP contribution in [-0.2, 0) is 57.3 Å². The molecular weight excluding hydrogens is 808 g/mol. The first kappa shape index (κ1) is 51.9. The molecule has 26 heteroatoms. The number of carboxylic acids is 1. The topological polar surface area (TPSA) is 411 Å². The van der Waals surface area contributed by atoms with E-state index < -0.39 is 153 Å². The van der Waals surface area contributed by atoms with Crippen molar-refractivity contribution in [2.75, 3.05) is 26.4 Å². The third-order valence-corrected chi connectivity index (χ3v) is 9.45. The van der Waals surface area contributed by atoms with Crippen molar-refractivity contribution >= 4 is 41.4 Å². The van der Waals surface area contributed by atoms with Crippen LogP contribution in [0.4, 0.5) is 0 Å². The van der Waals surface area contributed by atoms with Gasteiger partial charge in [0.05, 0.1) is 19.8 Å². The summed E-state index contributed by atoms with van der Waals surface area (Å²) in [5, 5.41) is 75.5. The first-order chi connectivity index (χ1) is 28.2. The van der Waals surface area contributed by atoms with Crippen LogP contribution in [0.25, 0.3) is 0 Å². The van der Waals surface area contributed by atoms with E-state index in [1.54, 1.807) is 0 Å². The maximum Gasteiger partial charge on any atom is 0.325 e. The largest absolute Gasteiger partial charge is 0.480 e. The summed E-state index contributed by atoms with van der Waals surface area (Å²) >= 11 is 0. The Labute approximate surface area is 344 Å². The van der Waals surface area contributed by atoms with Gasteiger partial charge in [-0.3, -0.25) is 33.6 Å². The summed E-state index contributed by atoms with van der Waals surface area (Å²) in [4.78, 5) is 93.0. The molecule has 0 aromatic rings. The van der Waals surface area contributed by atoms with E-state index in [9.17, 15) is 64.2 Å². The Hall–Kier alpha value is -4.19. The van der Waals surface area contributed by atoms with Gasteiger partial charge in [-0.05, 0) is 46.6 Å². The predicted molar refractivity (Wildman–Crippen MR) is 200 cm³/mol.